The summed E-state index contributed by atoms with van der Waals surface area (Å²) in [6, 6.07) is 15.7. The van der Waals surface area contributed by atoms with Gasteiger partial charge in [-0.05, 0) is 55.3 Å². The predicted molar refractivity (Wildman–Crippen MR) is 125 cm³/mol. The Hall–Kier alpha value is -1.98. The highest BCUT2D eigenvalue weighted by Gasteiger charge is 2.13. The maximum absolute atomic E-state index is 13.7. The third-order valence-corrected chi connectivity index (χ3v) is 5.75. The second kappa shape index (κ2) is 11.6. The summed E-state index contributed by atoms with van der Waals surface area (Å²) in [5.74, 6) is 0.903. The summed E-state index contributed by atoms with van der Waals surface area (Å²) in [5.41, 5.74) is 2.24. The van der Waals surface area contributed by atoms with Crippen molar-refractivity contribution in [3.8, 4) is 11.5 Å². The zero-order valence-corrected chi connectivity index (χ0v) is 19.3. The number of hydrogen-bond donors (Lipinski definition) is 1. The van der Waals surface area contributed by atoms with Gasteiger partial charge in [-0.3, -0.25) is 0 Å². The molecule has 0 radical (unpaired) electrons. The largest absolute Gasteiger partial charge is 0.490 e. The molecule has 31 heavy (non-hydrogen) atoms. The van der Waals surface area contributed by atoms with Gasteiger partial charge in [0.15, 0.2) is 11.5 Å². The van der Waals surface area contributed by atoms with E-state index in [4.69, 9.17) is 44.3 Å². The van der Waals surface area contributed by atoms with Crippen molar-refractivity contribution in [2.45, 2.75) is 26.5 Å². The molecule has 0 atom stereocenters. The quantitative estimate of drug-likeness (QED) is 0.313. The van der Waals surface area contributed by atoms with Crippen LogP contribution >= 0.6 is 34.8 Å². The summed E-state index contributed by atoms with van der Waals surface area (Å²) in [6.45, 7) is 3.70. The van der Waals surface area contributed by atoms with Crippen LogP contribution in [0, 0.1) is 5.82 Å². The number of halogens is 4. The smallest absolute Gasteiger partial charge is 0.163 e. The summed E-state index contributed by atoms with van der Waals surface area (Å²) in [7, 11) is 0. The molecule has 0 aromatic heterocycles. The van der Waals surface area contributed by atoms with Crippen molar-refractivity contribution in [3.63, 3.8) is 0 Å². The first kappa shape index (κ1) is 23.7. The first-order chi connectivity index (χ1) is 15.0. The number of nitrogens with one attached hydrogen (secondary N) is 1. The van der Waals surface area contributed by atoms with Gasteiger partial charge in [0.2, 0.25) is 0 Å². The summed E-state index contributed by atoms with van der Waals surface area (Å²) in [4.78, 5) is 0. The fourth-order valence-corrected chi connectivity index (χ4v) is 3.79. The number of rotatable bonds is 10. The van der Waals surface area contributed by atoms with Crippen LogP contribution in [0.15, 0.2) is 54.6 Å². The molecule has 0 fully saturated rings. The Morgan fingerprint density at radius 3 is 2.26 bits per heavy atom. The van der Waals surface area contributed by atoms with Crippen molar-refractivity contribution < 1.29 is 13.9 Å². The van der Waals surface area contributed by atoms with Crippen LogP contribution in [0.5, 0.6) is 11.5 Å². The van der Waals surface area contributed by atoms with Crippen LogP contribution in [0.4, 0.5) is 4.39 Å². The van der Waals surface area contributed by atoms with Crippen LogP contribution in [0.3, 0.4) is 0 Å². The van der Waals surface area contributed by atoms with Gasteiger partial charge in [-0.1, -0.05) is 59.1 Å². The molecular weight excluding hydrogens is 460 g/mol. The van der Waals surface area contributed by atoms with Crippen LogP contribution in [0.2, 0.25) is 15.1 Å². The van der Waals surface area contributed by atoms with E-state index < -0.39 is 0 Å². The van der Waals surface area contributed by atoms with E-state index in [-0.39, 0.29) is 12.4 Å². The third-order valence-electron chi connectivity index (χ3n) is 4.69. The first-order valence-corrected chi connectivity index (χ1v) is 11.1. The Morgan fingerprint density at radius 1 is 0.839 bits per heavy atom. The van der Waals surface area contributed by atoms with Gasteiger partial charge < -0.3 is 14.8 Å². The topological polar surface area (TPSA) is 30.5 Å². The van der Waals surface area contributed by atoms with Crippen molar-refractivity contribution in [2.75, 3.05) is 13.2 Å². The van der Waals surface area contributed by atoms with Crippen molar-refractivity contribution >= 4 is 34.8 Å². The minimum absolute atomic E-state index is 0.190. The van der Waals surface area contributed by atoms with Crippen molar-refractivity contribution in [1.82, 2.24) is 5.32 Å². The Balaban J connectivity index is 1.66. The molecule has 0 heterocycles. The van der Waals surface area contributed by atoms with Crippen LogP contribution in [-0.4, -0.2) is 13.2 Å². The van der Waals surface area contributed by atoms with Gasteiger partial charge in [0.05, 0.1) is 6.61 Å². The Morgan fingerprint density at radius 2 is 1.55 bits per heavy atom. The second-order valence-electron chi connectivity index (χ2n) is 6.83. The molecule has 164 valence electrons. The molecule has 3 aromatic carbocycles. The average molecular weight is 483 g/mol. The van der Waals surface area contributed by atoms with Gasteiger partial charge in [-0.25, -0.2) is 4.39 Å². The van der Waals surface area contributed by atoms with E-state index in [1.165, 1.54) is 6.07 Å². The van der Waals surface area contributed by atoms with E-state index in [0.717, 1.165) is 5.56 Å². The van der Waals surface area contributed by atoms with Gasteiger partial charge in [0, 0.05) is 33.2 Å². The molecule has 0 aliphatic heterocycles. The lowest BCUT2D eigenvalue weighted by atomic mass is 10.1. The van der Waals surface area contributed by atoms with Gasteiger partial charge in [-0.2, -0.15) is 0 Å². The van der Waals surface area contributed by atoms with Crippen LogP contribution < -0.4 is 14.8 Å². The van der Waals surface area contributed by atoms with E-state index in [9.17, 15) is 4.39 Å². The molecule has 3 aromatic rings. The molecule has 1 N–H and O–H groups in total. The van der Waals surface area contributed by atoms with E-state index in [1.807, 2.05) is 19.1 Å². The van der Waals surface area contributed by atoms with Gasteiger partial charge >= 0.3 is 0 Å². The number of benzene rings is 3. The predicted octanol–water partition coefficient (Wildman–Crippen LogP) is 7.10. The Bertz CT molecular complexity index is 1010. The lowest BCUT2D eigenvalue weighted by molar-refractivity contribution is 0.269. The van der Waals surface area contributed by atoms with Gasteiger partial charge in [0.25, 0.3) is 0 Å². The molecule has 3 rings (SSSR count). The fourth-order valence-electron chi connectivity index (χ4n) is 3.06. The Kier molecular flexibility index (Phi) is 8.85. The molecule has 0 saturated carbocycles. The molecule has 0 saturated heterocycles. The maximum atomic E-state index is 13.7. The molecule has 3 nitrogen and oxygen atoms in total. The molecular formula is C24H23Cl3FNO2. The Labute approximate surface area is 197 Å². The van der Waals surface area contributed by atoms with E-state index in [2.05, 4.69) is 5.32 Å². The van der Waals surface area contributed by atoms with Gasteiger partial charge in [-0.15, -0.1) is 0 Å². The van der Waals surface area contributed by atoms with Crippen LogP contribution in [-0.2, 0) is 19.6 Å². The average Bonchev–Trinajstić information content (AvgIpc) is 2.74. The molecule has 7 heteroatoms. The first-order valence-electron chi connectivity index (χ1n) is 9.94. The van der Waals surface area contributed by atoms with Crippen molar-refractivity contribution in [3.05, 3.63) is 92.2 Å². The lowest BCUT2D eigenvalue weighted by Gasteiger charge is -2.16. The highest BCUT2D eigenvalue weighted by atomic mass is 35.5. The molecule has 0 amide bonds. The standard InChI is InChI=1S/C24H23Cl3FNO2/c1-2-30-23-12-17(14-29-11-10-16-6-3-4-9-22(16)28)21(27)13-24(23)31-15-18-19(25)7-5-8-20(18)26/h3-9,12-13,29H,2,10-11,14-15H2,1H3. The van der Waals surface area contributed by atoms with Crippen molar-refractivity contribution in [2.24, 2.45) is 0 Å². The van der Waals surface area contributed by atoms with Crippen LogP contribution in [0.25, 0.3) is 0 Å². The SMILES string of the molecule is CCOc1cc(CNCCc2ccccc2F)c(Cl)cc1OCc1c(Cl)cccc1Cl. The van der Waals surface area contributed by atoms with E-state index >= 15 is 0 Å². The molecule has 0 aliphatic rings. The monoisotopic (exact) mass is 481 g/mol. The lowest BCUT2D eigenvalue weighted by Crippen LogP contribution is -2.17. The van der Waals surface area contributed by atoms with Gasteiger partial charge in [0.1, 0.15) is 12.4 Å². The minimum Gasteiger partial charge on any atom is -0.490 e. The molecule has 0 unspecified atom stereocenters. The summed E-state index contributed by atoms with van der Waals surface area (Å²) >= 11 is 18.9. The zero-order chi connectivity index (χ0) is 22.2. The summed E-state index contributed by atoms with van der Waals surface area (Å²) in [5, 5.41) is 4.91. The zero-order valence-electron chi connectivity index (χ0n) is 17.1. The number of hydrogen-bond acceptors (Lipinski definition) is 3. The van der Waals surface area contributed by atoms with E-state index in [0.29, 0.717) is 63.8 Å². The summed E-state index contributed by atoms with van der Waals surface area (Å²) in [6.07, 6.45) is 0.586. The van der Waals surface area contributed by atoms with Crippen molar-refractivity contribution in [1.29, 1.82) is 0 Å². The fraction of sp³-hybridized carbons (Fsp3) is 0.250. The maximum Gasteiger partial charge on any atom is 0.163 e. The van der Waals surface area contributed by atoms with E-state index in [1.54, 1.807) is 36.4 Å². The van der Waals surface area contributed by atoms with Crippen LogP contribution in [0.1, 0.15) is 23.6 Å². The third kappa shape index (κ3) is 6.50. The minimum atomic E-state index is -0.193. The second-order valence-corrected chi connectivity index (χ2v) is 8.05. The summed E-state index contributed by atoms with van der Waals surface area (Å²) < 4.78 is 25.4. The molecule has 0 aliphatic carbocycles. The highest BCUT2D eigenvalue weighted by molar-refractivity contribution is 6.36. The normalized spacial score (nSPS) is 10.9. The number of ether oxygens (including phenoxy) is 2. The molecule has 0 spiro atoms. The highest BCUT2D eigenvalue weighted by Crippen LogP contribution is 2.35. The molecule has 0 bridgehead atoms.